The average molecular weight is 266 g/mol. The highest BCUT2D eigenvalue weighted by molar-refractivity contribution is 6.06. The fourth-order valence-electron chi connectivity index (χ4n) is 1.96. The van der Waals surface area contributed by atoms with Gasteiger partial charge in [0, 0.05) is 29.0 Å². The molecule has 2 aromatic carbocycles. The Hall–Kier alpha value is -2.75. The van der Waals surface area contributed by atoms with Crippen molar-refractivity contribution in [1.82, 2.24) is 4.98 Å². The zero-order valence-corrected chi connectivity index (χ0v) is 10.5. The molecule has 0 aliphatic carbocycles. The van der Waals surface area contributed by atoms with E-state index in [1.54, 1.807) is 24.5 Å². The van der Waals surface area contributed by atoms with Crippen molar-refractivity contribution in [2.45, 2.75) is 0 Å². The minimum absolute atomic E-state index is 0.227. The van der Waals surface area contributed by atoms with Gasteiger partial charge in [0.2, 0.25) is 0 Å². The van der Waals surface area contributed by atoms with Gasteiger partial charge in [0.15, 0.2) is 0 Å². The first-order chi connectivity index (χ1) is 9.72. The van der Waals surface area contributed by atoms with E-state index in [9.17, 15) is 9.18 Å². The molecule has 0 unspecified atom stereocenters. The second kappa shape index (κ2) is 5.09. The van der Waals surface area contributed by atoms with E-state index in [-0.39, 0.29) is 11.7 Å². The van der Waals surface area contributed by atoms with Crippen LogP contribution in [0.2, 0.25) is 0 Å². The van der Waals surface area contributed by atoms with Gasteiger partial charge in [0.05, 0.1) is 0 Å². The minimum Gasteiger partial charge on any atom is -0.322 e. The number of nitrogens with one attached hydrogen (secondary N) is 1. The summed E-state index contributed by atoms with van der Waals surface area (Å²) in [4.78, 5) is 16.1. The van der Waals surface area contributed by atoms with Crippen molar-refractivity contribution in [2.75, 3.05) is 5.32 Å². The molecule has 3 aromatic rings. The number of benzene rings is 2. The topological polar surface area (TPSA) is 42.0 Å². The Bertz CT molecular complexity index is 769. The first kappa shape index (κ1) is 12.3. The van der Waals surface area contributed by atoms with Crippen LogP contribution in [0, 0.1) is 5.82 Å². The van der Waals surface area contributed by atoms with Gasteiger partial charge in [-0.2, -0.15) is 0 Å². The van der Waals surface area contributed by atoms with E-state index in [2.05, 4.69) is 10.3 Å². The molecule has 0 saturated carbocycles. The van der Waals surface area contributed by atoms with Crippen LogP contribution < -0.4 is 5.32 Å². The van der Waals surface area contributed by atoms with Crippen molar-refractivity contribution >= 4 is 22.4 Å². The van der Waals surface area contributed by atoms with E-state index >= 15 is 0 Å². The number of pyridine rings is 1. The van der Waals surface area contributed by atoms with E-state index in [0.29, 0.717) is 11.3 Å². The molecule has 98 valence electrons. The molecule has 1 heterocycles. The molecule has 0 saturated heterocycles. The Morgan fingerprint density at radius 3 is 2.60 bits per heavy atom. The quantitative estimate of drug-likeness (QED) is 0.769. The van der Waals surface area contributed by atoms with Crippen LogP contribution in [0.1, 0.15) is 10.4 Å². The number of hydrogen-bond acceptors (Lipinski definition) is 2. The molecule has 0 spiro atoms. The SMILES string of the molecule is O=C(Nc1ccc(F)cc1)c1ccc2cnccc2c1. The molecule has 1 N–H and O–H groups in total. The van der Waals surface area contributed by atoms with Gasteiger partial charge < -0.3 is 5.32 Å². The van der Waals surface area contributed by atoms with Crippen LogP contribution in [0.15, 0.2) is 60.9 Å². The number of aromatic nitrogens is 1. The molecular formula is C16H11FN2O. The van der Waals surface area contributed by atoms with Gasteiger partial charge in [0.1, 0.15) is 5.82 Å². The molecule has 3 rings (SSSR count). The predicted octanol–water partition coefficient (Wildman–Crippen LogP) is 3.63. The molecule has 0 fully saturated rings. The van der Waals surface area contributed by atoms with E-state index in [1.807, 2.05) is 12.1 Å². The summed E-state index contributed by atoms with van der Waals surface area (Å²) in [7, 11) is 0. The zero-order valence-electron chi connectivity index (χ0n) is 10.5. The predicted molar refractivity (Wildman–Crippen MR) is 76.1 cm³/mol. The Labute approximate surface area is 115 Å². The van der Waals surface area contributed by atoms with Crippen LogP contribution in [-0.2, 0) is 0 Å². The lowest BCUT2D eigenvalue weighted by Gasteiger charge is -2.06. The molecule has 0 bridgehead atoms. The van der Waals surface area contributed by atoms with Crippen LogP contribution in [0.3, 0.4) is 0 Å². The van der Waals surface area contributed by atoms with Gasteiger partial charge in [-0.1, -0.05) is 6.07 Å². The smallest absolute Gasteiger partial charge is 0.255 e. The average Bonchev–Trinajstić information content (AvgIpc) is 2.49. The van der Waals surface area contributed by atoms with Crippen LogP contribution in [0.5, 0.6) is 0 Å². The molecule has 20 heavy (non-hydrogen) atoms. The van der Waals surface area contributed by atoms with Crippen molar-refractivity contribution in [3.8, 4) is 0 Å². The summed E-state index contributed by atoms with van der Waals surface area (Å²) in [6.45, 7) is 0. The first-order valence-corrected chi connectivity index (χ1v) is 6.13. The summed E-state index contributed by atoms with van der Waals surface area (Å²) < 4.78 is 12.8. The fraction of sp³-hybridized carbons (Fsp3) is 0. The monoisotopic (exact) mass is 266 g/mol. The number of carbonyl (C=O) groups excluding carboxylic acids is 1. The molecule has 0 aliphatic rings. The van der Waals surface area contributed by atoms with Gasteiger partial charge >= 0.3 is 0 Å². The number of nitrogens with zero attached hydrogens (tertiary/aromatic N) is 1. The molecule has 0 radical (unpaired) electrons. The molecule has 0 atom stereocenters. The molecule has 0 aliphatic heterocycles. The number of rotatable bonds is 2. The number of carbonyl (C=O) groups is 1. The van der Waals surface area contributed by atoms with Gasteiger partial charge in [-0.15, -0.1) is 0 Å². The van der Waals surface area contributed by atoms with Gasteiger partial charge in [0.25, 0.3) is 5.91 Å². The highest BCUT2D eigenvalue weighted by atomic mass is 19.1. The lowest BCUT2D eigenvalue weighted by Crippen LogP contribution is -2.11. The Kier molecular flexibility index (Phi) is 3.13. The second-order valence-electron chi connectivity index (χ2n) is 4.40. The van der Waals surface area contributed by atoms with E-state index in [1.165, 1.54) is 24.3 Å². The van der Waals surface area contributed by atoms with Crippen molar-refractivity contribution < 1.29 is 9.18 Å². The van der Waals surface area contributed by atoms with Crippen LogP contribution in [0.4, 0.5) is 10.1 Å². The maximum atomic E-state index is 12.8. The second-order valence-corrected chi connectivity index (χ2v) is 4.40. The molecule has 1 aromatic heterocycles. The van der Waals surface area contributed by atoms with Gasteiger partial charge in [-0.25, -0.2) is 4.39 Å². The molecular weight excluding hydrogens is 255 g/mol. The third-order valence-electron chi connectivity index (χ3n) is 3.00. The highest BCUT2D eigenvalue weighted by Crippen LogP contribution is 2.16. The normalized spacial score (nSPS) is 10.4. The van der Waals surface area contributed by atoms with Crippen LogP contribution in [0.25, 0.3) is 10.8 Å². The maximum Gasteiger partial charge on any atom is 0.255 e. The summed E-state index contributed by atoms with van der Waals surface area (Å²) in [5, 5.41) is 4.66. The third kappa shape index (κ3) is 2.49. The Balaban J connectivity index is 1.86. The zero-order chi connectivity index (χ0) is 13.9. The number of halogens is 1. The van der Waals surface area contributed by atoms with Crippen LogP contribution >= 0.6 is 0 Å². The standard InChI is InChI=1S/C16H11FN2O/c17-14-3-5-15(6-4-14)19-16(20)12-1-2-13-10-18-8-7-11(13)9-12/h1-10H,(H,19,20). The van der Waals surface area contributed by atoms with Gasteiger partial charge in [-0.3, -0.25) is 9.78 Å². The van der Waals surface area contributed by atoms with Gasteiger partial charge in [-0.05, 0) is 47.9 Å². The van der Waals surface area contributed by atoms with E-state index in [4.69, 9.17) is 0 Å². The summed E-state index contributed by atoms with van der Waals surface area (Å²) in [5.41, 5.74) is 1.11. The largest absolute Gasteiger partial charge is 0.322 e. The lowest BCUT2D eigenvalue weighted by atomic mass is 10.1. The Morgan fingerprint density at radius 1 is 1.00 bits per heavy atom. The fourth-order valence-corrected chi connectivity index (χ4v) is 1.96. The van der Waals surface area contributed by atoms with Crippen molar-refractivity contribution in [1.29, 1.82) is 0 Å². The summed E-state index contributed by atoms with van der Waals surface area (Å²) >= 11 is 0. The lowest BCUT2D eigenvalue weighted by molar-refractivity contribution is 0.102. The number of hydrogen-bond donors (Lipinski definition) is 1. The number of anilines is 1. The first-order valence-electron chi connectivity index (χ1n) is 6.13. The van der Waals surface area contributed by atoms with E-state index < -0.39 is 0 Å². The number of fused-ring (bicyclic) bond motifs is 1. The third-order valence-corrected chi connectivity index (χ3v) is 3.00. The van der Waals surface area contributed by atoms with Crippen molar-refractivity contribution in [3.05, 3.63) is 72.3 Å². The van der Waals surface area contributed by atoms with Crippen molar-refractivity contribution in [2.24, 2.45) is 0 Å². The van der Waals surface area contributed by atoms with E-state index in [0.717, 1.165) is 10.8 Å². The van der Waals surface area contributed by atoms with Crippen molar-refractivity contribution in [3.63, 3.8) is 0 Å². The summed E-state index contributed by atoms with van der Waals surface area (Å²) in [6.07, 6.45) is 3.43. The highest BCUT2D eigenvalue weighted by Gasteiger charge is 2.07. The molecule has 4 heteroatoms. The molecule has 1 amide bonds. The number of amides is 1. The van der Waals surface area contributed by atoms with Crippen LogP contribution in [-0.4, -0.2) is 10.9 Å². The summed E-state index contributed by atoms with van der Waals surface area (Å²) in [5.74, 6) is -0.559. The summed E-state index contributed by atoms with van der Waals surface area (Å²) in [6, 6.07) is 12.9. The molecule has 3 nitrogen and oxygen atoms in total. The minimum atomic E-state index is -0.332. The maximum absolute atomic E-state index is 12.8. The Morgan fingerprint density at radius 2 is 1.80 bits per heavy atom.